The van der Waals surface area contributed by atoms with Crippen LogP contribution in [0.15, 0.2) is 30.5 Å². The molecule has 0 amide bonds. The van der Waals surface area contributed by atoms with Crippen LogP contribution in [0.5, 0.6) is 0 Å². The summed E-state index contributed by atoms with van der Waals surface area (Å²) in [5, 5.41) is 2.75. The molecule has 0 radical (unpaired) electrons. The lowest BCUT2D eigenvalue weighted by atomic mass is 10.2. The summed E-state index contributed by atoms with van der Waals surface area (Å²) in [6.07, 6.45) is -3.09. The molecule has 1 N–H and O–H groups in total. The van der Waals surface area contributed by atoms with E-state index >= 15 is 0 Å². The second-order valence-electron chi connectivity index (χ2n) is 3.71. The van der Waals surface area contributed by atoms with Gasteiger partial charge in [0.25, 0.3) is 0 Å². The van der Waals surface area contributed by atoms with Gasteiger partial charge < -0.3 is 5.32 Å². The Morgan fingerprint density at radius 3 is 2.53 bits per heavy atom. The molecule has 0 aliphatic rings. The predicted molar refractivity (Wildman–Crippen MR) is 64.4 cm³/mol. The number of alkyl halides is 3. The first-order valence-corrected chi connectivity index (χ1v) is 5.62. The molecule has 0 aromatic carbocycles. The molecule has 2 aromatic heterocycles. The Morgan fingerprint density at radius 2 is 1.95 bits per heavy atom. The number of pyridine rings is 1. The van der Waals surface area contributed by atoms with Gasteiger partial charge in [0.15, 0.2) is 0 Å². The third-order valence-corrected chi connectivity index (χ3v) is 2.26. The van der Waals surface area contributed by atoms with Gasteiger partial charge in [-0.2, -0.15) is 13.2 Å². The highest BCUT2D eigenvalue weighted by Gasteiger charge is 2.35. The van der Waals surface area contributed by atoms with Gasteiger partial charge in [-0.05, 0) is 19.1 Å². The summed E-state index contributed by atoms with van der Waals surface area (Å²) in [6.45, 7) is 2.24. The maximum absolute atomic E-state index is 12.7. The van der Waals surface area contributed by atoms with Crippen molar-refractivity contribution >= 4 is 5.82 Å². The maximum Gasteiger partial charge on any atom is 0.451 e. The largest absolute Gasteiger partial charge is 0.451 e. The smallest absolute Gasteiger partial charge is 0.370 e. The molecule has 7 heteroatoms. The number of anilines is 1. The fraction of sp³-hybridized carbons (Fsp3) is 0.250. The standard InChI is InChI=1S/C12H11F3N4/c1-2-16-10-7-9(8-5-3-4-6-17-8)18-11(19-10)12(13,14)15/h3-7H,2H2,1H3,(H,16,18,19). The molecule has 0 bridgehead atoms. The summed E-state index contributed by atoms with van der Waals surface area (Å²) in [7, 11) is 0. The Kier molecular flexibility index (Phi) is 3.64. The van der Waals surface area contributed by atoms with Crippen molar-refractivity contribution < 1.29 is 13.2 Å². The summed E-state index contributed by atoms with van der Waals surface area (Å²) < 4.78 is 38.2. The molecule has 4 nitrogen and oxygen atoms in total. The topological polar surface area (TPSA) is 50.7 Å². The van der Waals surface area contributed by atoms with Crippen LogP contribution >= 0.6 is 0 Å². The molecule has 0 fully saturated rings. The van der Waals surface area contributed by atoms with E-state index in [9.17, 15) is 13.2 Å². The first kappa shape index (κ1) is 13.3. The van der Waals surface area contributed by atoms with Crippen LogP contribution in [0.25, 0.3) is 11.4 Å². The van der Waals surface area contributed by atoms with Crippen molar-refractivity contribution in [1.82, 2.24) is 15.0 Å². The van der Waals surface area contributed by atoms with E-state index in [1.54, 1.807) is 25.1 Å². The van der Waals surface area contributed by atoms with Crippen LogP contribution in [-0.2, 0) is 6.18 Å². The monoisotopic (exact) mass is 268 g/mol. The molecule has 0 aliphatic heterocycles. The summed E-state index contributed by atoms with van der Waals surface area (Å²) in [6, 6.07) is 6.41. The maximum atomic E-state index is 12.7. The number of hydrogen-bond donors (Lipinski definition) is 1. The molecular formula is C12H11F3N4. The van der Waals surface area contributed by atoms with Crippen LogP contribution in [0.3, 0.4) is 0 Å². The molecule has 2 aromatic rings. The zero-order chi connectivity index (χ0) is 13.9. The second-order valence-corrected chi connectivity index (χ2v) is 3.71. The van der Waals surface area contributed by atoms with Crippen LogP contribution in [0.4, 0.5) is 19.0 Å². The average molecular weight is 268 g/mol. The normalized spacial score (nSPS) is 11.4. The summed E-state index contributed by atoms with van der Waals surface area (Å²) in [4.78, 5) is 11.0. The van der Waals surface area contributed by atoms with Gasteiger partial charge in [-0.25, -0.2) is 9.97 Å². The van der Waals surface area contributed by atoms with Gasteiger partial charge in [0.1, 0.15) is 5.82 Å². The molecule has 0 aliphatic carbocycles. The van der Waals surface area contributed by atoms with Crippen molar-refractivity contribution in [1.29, 1.82) is 0 Å². The minimum Gasteiger partial charge on any atom is -0.370 e. The lowest BCUT2D eigenvalue weighted by Crippen LogP contribution is -2.14. The highest BCUT2D eigenvalue weighted by Crippen LogP contribution is 2.29. The first-order valence-electron chi connectivity index (χ1n) is 5.62. The fourth-order valence-electron chi connectivity index (χ4n) is 1.49. The summed E-state index contributed by atoms with van der Waals surface area (Å²) >= 11 is 0. The van der Waals surface area contributed by atoms with Crippen LogP contribution in [0.2, 0.25) is 0 Å². The summed E-state index contributed by atoms with van der Waals surface area (Å²) in [5.41, 5.74) is 0.508. The van der Waals surface area contributed by atoms with E-state index in [1.165, 1.54) is 12.3 Å². The third-order valence-electron chi connectivity index (χ3n) is 2.26. The molecule has 0 atom stereocenters. The van der Waals surface area contributed by atoms with Crippen molar-refractivity contribution in [2.24, 2.45) is 0 Å². The molecule has 19 heavy (non-hydrogen) atoms. The zero-order valence-corrected chi connectivity index (χ0v) is 10.1. The minimum atomic E-state index is -4.59. The van der Waals surface area contributed by atoms with Crippen molar-refractivity contribution in [3.8, 4) is 11.4 Å². The van der Waals surface area contributed by atoms with E-state index in [1.807, 2.05) is 0 Å². The Hall–Kier alpha value is -2.18. The van der Waals surface area contributed by atoms with Crippen molar-refractivity contribution in [3.63, 3.8) is 0 Å². The Morgan fingerprint density at radius 1 is 1.16 bits per heavy atom. The number of aromatic nitrogens is 3. The molecule has 100 valence electrons. The van der Waals surface area contributed by atoms with Gasteiger partial charge in [0.05, 0.1) is 11.4 Å². The third kappa shape index (κ3) is 3.18. The lowest BCUT2D eigenvalue weighted by Gasteiger charge is -2.10. The number of nitrogens with one attached hydrogen (secondary N) is 1. The molecular weight excluding hydrogens is 257 g/mol. The highest BCUT2D eigenvalue weighted by molar-refractivity contribution is 5.58. The molecule has 0 saturated heterocycles. The van der Waals surface area contributed by atoms with E-state index in [0.29, 0.717) is 12.2 Å². The SMILES string of the molecule is CCNc1cc(-c2ccccn2)nc(C(F)(F)F)n1. The van der Waals surface area contributed by atoms with Gasteiger partial charge in [0, 0.05) is 18.8 Å². The van der Waals surface area contributed by atoms with E-state index in [0.717, 1.165) is 0 Å². The van der Waals surface area contributed by atoms with E-state index in [-0.39, 0.29) is 11.5 Å². The van der Waals surface area contributed by atoms with Gasteiger partial charge >= 0.3 is 6.18 Å². The van der Waals surface area contributed by atoms with Crippen LogP contribution < -0.4 is 5.32 Å². The quantitative estimate of drug-likeness (QED) is 0.929. The number of rotatable bonds is 3. The molecule has 0 spiro atoms. The Bertz CT molecular complexity index is 555. The Balaban J connectivity index is 2.52. The molecule has 0 saturated carbocycles. The fourth-order valence-corrected chi connectivity index (χ4v) is 1.49. The summed E-state index contributed by atoms with van der Waals surface area (Å²) in [5.74, 6) is -1.04. The first-order chi connectivity index (χ1) is 9.00. The van der Waals surface area contributed by atoms with E-state index < -0.39 is 12.0 Å². The van der Waals surface area contributed by atoms with Crippen LogP contribution in [0.1, 0.15) is 12.7 Å². The molecule has 0 unspecified atom stereocenters. The van der Waals surface area contributed by atoms with E-state index in [4.69, 9.17) is 0 Å². The van der Waals surface area contributed by atoms with Crippen molar-refractivity contribution in [2.75, 3.05) is 11.9 Å². The predicted octanol–water partition coefficient (Wildman–Crippen LogP) is 2.99. The van der Waals surface area contributed by atoms with Crippen molar-refractivity contribution in [3.05, 3.63) is 36.3 Å². The van der Waals surface area contributed by atoms with Gasteiger partial charge in [-0.3, -0.25) is 4.98 Å². The van der Waals surface area contributed by atoms with Gasteiger partial charge in [-0.1, -0.05) is 6.07 Å². The minimum absolute atomic E-state index is 0.130. The average Bonchev–Trinajstić information content (AvgIpc) is 2.39. The lowest BCUT2D eigenvalue weighted by molar-refractivity contribution is -0.144. The molecule has 2 heterocycles. The number of hydrogen-bond acceptors (Lipinski definition) is 4. The zero-order valence-electron chi connectivity index (χ0n) is 10.1. The highest BCUT2D eigenvalue weighted by atomic mass is 19.4. The van der Waals surface area contributed by atoms with Crippen LogP contribution in [0, 0.1) is 0 Å². The number of halogens is 3. The van der Waals surface area contributed by atoms with Gasteiger partial charge in [0.2, 0.25) is 5.82 Å². The van der Waals surface area contributed by atoms with E-state index in [2.05, 4.69) is 20.3 Å². The van der Waals surface area contributed by atoms with Crippen molar-refractivity contribution in [2.45, 2.75) is 13.1 Å². The molecule has 2 rings (SSSR count). The second kappa shape index (κ2) is 5.21. The van der Waals surface area contributed by atoms with Gasteiger partial charge in [-0.15, -0.1) is 0 Å². The Labute approximate surface area is 107 Å². The van der Waals surface area contributed by atoms with Crippen LogP contribution in [-0.4, -0.2) is 21.5 Å². The number of nitrogens with zero attached hydrogens (tertiary/aromatic N) is 3.